The summed E-state index contributed by atoms with van der Waals surface area (Å²) in [5.41, 5.74) is 7.45. The summed E-state index contributed by atoms with van der Waals surface area (Å²) in [7, 11) is 7.33. The second kappa shape index (κ2) is 13.7. The van der Waals surface area contributed by atoms with E-state index in [4.69, 9.17) is 4.43 Å². The monoisotopic (exact) mass is 621 g/mol. The van der Waals surface area contributed by atoms with Gasteiger partial charge in [0.05, 0.1) is 28.2 Å². The largest absolute Gasteiger partial charge is 0.403 e. The maximum absolute atomic E-state index is 7.39. The molecule has 5 rings (SSSR count). The Morgan fingerprint density at radius 3 is 1.31 bits per heavy atom. The van der Waals surface area contributed by atoms with Gasteiger partial charge in [-0.25, -0.2) is 0 Å². The minimum atomic E-state index is -1.96. The molecule has 0 saturated carbocycles. The maximum Gasteiger partial charge on any atom is 0.185 e. The van der Waals surface area contributed by atoms with E-state index in [0.29, 0.717) is 0 Å². The van der Waals surface area contributed by atoms with Crippen LogP contribution >= 0.6 is 0 Å². The van der Waals surface area contributed by atoms with Gasteiger partial charge in [-0.3, -0.25) is 0 Å². The topological polar surface area (TPSA) is 21.3 Å². The predicted molar refractivity (Wildman–Crippen MR) is 191 cm³/mol. The normalized spacial score (nSPS) is 16.2. The average Bonchev–Trinajstić information content (AvgIpc) is 3.52. The average molecular weight is 622 g/mol. The van der Waals surface area contributed by atoms with Crippen molar-refractivity contribution in [3.8, 4) is 0 Å². The third-order valence-electron chi connectivity index (χ3n) is 8.91. The Morgan fingerprint density at radius 2 is 0.978 bits per heavy atom. The highest BCUT2D eigenvalue weighted by Crippen LogP contribution is 2.43. The third kappa shape index (κ3) is 8.81. The summed E-state index contributed by atoms with van der Waals surface area (Å²) >= 11 is 0. The SMILES string of the molecule is C[N+](C)(Cc1ccccc1)Cc1ccc(C(O[Si](C)(C)C)(c2ccc(C[N+](C)(C)Cc3ccccc3)cc2)[C@@H]2CCCN2)cc1. The van der Waals surface area contributed by atoms with Crippen molar-refractivity contribution in [1.29, 1.82) is 0 Å². The lowest BCUT2D eigenvalue weighted by atomic mass is 9.79. The molecular weight excluding hydrogens is 567 g/mol. The fourth-order valence-corrected chi connectivity index (χ4v) is 8.59. The summed E-state index contributed by atoms with van der Waals surface area (Å²) in [6.45, 7) is 12.0. The van der Waals surface area contributed by atoms with E-state index in [1.807, 2.05) is 0 Å². The van der Waals surface area contributed by atoms with Gasteiger partial charge in [0.2, 0.25) is 0 Å². The highest BCUT2D eigenvalue weighted by Gasteiger charge is 2.47. The van der Waals surface area contributed by atoms with E-state index < -0.39 is 13.9 Å². The Labute approximate surface area is 274 Å². The Kier molecular flexibility index (Phi) is 10.2. The maximum atomic E-state index is 7.39. The summed E-state index contributed by atoms with van der Waals surface area (Å²) < 4.78 is 9.20. The van der Waals surface area contributed by atoms with Gasteiger partial charge in [-0.2, -0.15) is 0 Å². The first kappa shape index (κ1) is 33.3. The quantitative estimate of drug-likeness (QED) is 0.120. The summed E-state index contributed by atoms with van der Waals surface area (Å²) in [6.07, 6.45) is 2.28. The van der Waals surface area contributed by atoms with Crippen molar-refractivity contribution in [2.45, 2.75) is 70.3 Å². The first-order chi connectivity index (χ1) is 21.3. The molecule has 1 fully saturated rings. The summed E-state index contributed by atoms with van der Waals surface area (Å²) in [6, 6.07) is 40.7. The molecule has 238 valence electrons. The number of nitrogens with one attached hydrogen (secondary N) is 1. The molecular formula is C40H55N3OSi+2. The molecule has 1 N–H and O–H groups in total. The molecule has 1 aliphatic heterocycles. The van der Waals surface area contributed by atoms with Crippen molar-refractivity contribution in [3.63, 3.8) is 0 Å². The van der Waals surface area contributed by atoms with Gasteiger partial charge in [-0.15, -0.1) is 0 Å². The molecule has 0 unspecified atom stereocenters. The summed E-state index contributed by atoms with van der Waals surface area (Å²) in [5, 5.41) is 3.87. The van der Waals surface area contributed by atoms with E-state index in [2.05, 4.69) is 162 Å². The Balaban J connectivity index is 1.44. The lowest BCUT2D eigenvalue weighted by Crippen LogP contribution is -2.53. The fraction of sp³-hybridized carbons (Fsp3) is 0.400. The molecule has 1 atom stereocenters. The molecule has 0 aliphatic carbocycles. The van der Waals surface area contributed by atoms with Crippen LogP contribution in [0.2, 0.25) is 19.6 Å². The molecule has 0 radical (unpaired) electrons. The van der Waals surface area contributed by atoms with Crippen LogP contribution in [0.3, 0.4) is 0 Å². The van der Waals surface area contributed by atoms with Crippen LogP contribution < -0.4 is 5.32 Å². The van der Waals surface area contributed by atoms with E-state index >= 15 is 0 Å². The van der Waals surface area contributed by atoms with Crippen LogP contribution in [0.1, 0.15) is 46.2 Å². The molecule has 45 heavy (non-hydrogen) atoms. The zero-order valence-corrected chi connectivity index (χ0v) is 29.7. The Morgan fingerprint density at radius 1 is 0.600 bits per heavy atom. The number of rotatable bonds is 13. The van der Waals surface area contributed by atoms with Gasteiger partial charge in [0.25, 0.3) is 0 Å². The molecule has 4 aromatic rings. The molecule has 5 heteroatoms. The van der Waals surface area contributed by atoms with E-state index in [0.717, 1.165) is 48.1 Å². The Hall–Kier alpha value is -3.06. The molecule has 4 nitrogen and oxygen atoms in total. The molecule has 0 aromatic heterocycles. The predicted octanol–water partition coefficient (Wildman–Crippen LogP) is 8.09. The number of nitrogens with zero attached hydrogens (tertiary/aromatic N) is 2. The van der Waals surface area contributed by atoms with Gasteiger partial charge in [0, 0.05) is 28.3 Å². The van der Waals surface area contributed by atoms with Gasteiger partial charge >= 0.3 is 0 Å². The van der Waals surface area contributed by atoms with Crippen molar-refractivity contribution in [1.82, 2.24) is 5.32 Å². The van der Waals surface area contributed by atoms with Crippen molar-refractivity contribution in [2.24, 2.45) is 0 Å². The highest BCUT2D eigenvalue weighted by molar-refractivity contribution is 6.69. The first-order valence-corrected chi connectivity index (χ1v) is 20.1. The number of quaternary nitrogens is 2. The molecule has 0 bridgehead atoms. The first-order valence-electron chi connectivity index (χ1n) is 16.7. The molecule has 1 saturated heterocycles. The zero-order chi connectivity index (χ0) is 32.1. The van der Waals surface area contributed by atoms with Gasteiger partial charge < -0.3 is 18.7 Å². The third-order valence-corrected chi connectivity index (χ3v) is 9.85. The lowest BCUT2D eigenvalue weighted by molar-refractivity contribution is -0.916. The van der Waals surface area contributed by atoms with E-state index in [9.17, 15) is 0 Å². The van der Waals surface area contributed by atoms with Crippen LogP contribution in [-0.2, 0) is 36.2 Å². The fourth-order valence-electron chi connectivity index (χ4n) is 7.24. The number of hydrogen-bond donors (Lipinski definition) is 1. The summed E-state index contributed by atoms with van der Waals surface area (Å²) in [5.74, 6) is 0. The van der Waals surface area contributed by atoms with E-state index in [-0.39, 0.29) is 6.04 Å². The molecule has 0 amide bonds. The second-order valence-electron chi connectivity index (χ2n) is 15.5. The van der Waals surface area contributed by atoms with Gasteiger partial charge in [0.15, 0.2) is 8.32 Å². The smallest absolute Gasteiger partial charge is 0.185 e. The second-order valence-corrected chi connectivity index (χ2v) is 19.9. The van der Waals surface area contributed by atoms with Gasteiger partial charge in [-0.05, 0) is 50.2 Å². The molecule has 4 aromatic carbocycles. The molecule has 0 spiro atoms. The number of hydrogen-bond acceptors (Lipinski definition) is 2. The highest BCUT2D eigenvalue weighted by atomic mass is 28.4. The van der Waals surface area contributed by atoms with E-state index in [1.54, 1.807) is 0 Å². The van der Waals surface area contributed by atoms with Crippen molar-refractivity contribution >= 4 is 8.32 Å². The zero-order valence-electron chi connectivity index (χ0n) is 28.7. The van der Waals surface area contributed by atoms with Gasteiger partial charge in [0.1, 0.15) is 31.8 Å². The van der Waals surface area contributed by atoms with Crippen LogP contribution in [0.5, 0.6) is 0 Å². The minimum absolute atomic E-state index is 0.233. The van der Waals surface area contributed by atoms with Gasteiger partial charge in [-0.1, -0.05) is 109 Å². The van der Waals surface area contributed by atoms with Crippen LogP contribution in [0.25, 0.3) is 0 Å². The lowest BCUT2D eigenvalue weighted by Gasteiger charge is -2.45. The van der Waals surface area contributed by atoms with Crippen LogP contribution in [0.15, 0.2) is 109 Å². The van der Waals surface area contributed by atoms with Crippen LogP contribution in [-0.4, -0.2) is 58.1 Å². The number of benzene rings is 4. The van der Waals surface area contributed by atoms with Crippen LogP contribution in [0, 0.1) is 0 Å². The van der Waals surface area contributed by atoms with Crippen LogP contribution in [0.4, 0.5) is 0 Å². The van der Waals surface area contributed by atoms with E-state index in [1.165, 1.54) is 39.8 Å². The molecule has 1 aliphatic rings. The standard InChI is InChI=1S/C40H55N3OSi/c1-42(2,29-33-15-10-8-11-16-33)31-35-20-24-37(25-21-35)40(44-45(5,6)7,39-19-14-28-41-39)38-26-22-36(23-27-38)32-43(3,4)30-34-17-12-9-13-18-34/h8-13,15-18,20-27,39,41H,14,19,28-32H2,1-7H3/q+2/t39-/m0/s1. The van der Waals surface area contributed by atoms with Crippen molar-refractivity contribution in [2.75, 3.05) is 34.7 Å². The Bertz CT molecular complexity index is 1390. The minimum Gasteiger partial charge on any atom is -0.403 e. The van der Waals surface area contributed by atoms with Crippen molar-refractivity contribution < 1.29 is 13.4 Å². The van der Waals surface area contributed by atoms with Crippen molar-refractivity contribution in [3.05, 3.63) is 143 Å². The molecule has 1 heterocycles. The summed E-state index contributed by atoms with van der Waals surface area (Å²) in [4.78, 5) is 0.